The molecule has 0 spiro atoms. The zero-order valence-electron chi connectivity index (χ0n) is 15.4. The van der Waals surface area contributed by atoms with E-state index in [2.05, 4.69) is 22.4 Å². The lowest BCUT2D eigenvalue weighted by molar-refractivity contribution is -0.121. The molecule has 1 heterocycles. The van der Waals surface area contributed by atoms with Gasteiger partial charge in [0.1, 0.15) is 5.82 Å². The van der Waals surface area contributed by atoms with Crippen molar-refractivity contribution in [2.24, 2.45) is 13.0 Å². The number of amides is 1. The number of thioether (sulfide) groups is 1. The third-order valence-corrected chi connectivity index (χ3v) is 6.17. The number of aromatic nitrogens is 3. The summed E-state index contributed by atoms with van der Waals surface area (Å²) in [6, 6.07) is 6.74. The number of carbonyl (C=O) groups is 1. The third-order valence-electron chi connectivity index (χ3n) is 5.04. The maximum absolute atomic E-state index is 14.0. The molecule has 0 bridgehead atoms. The maximum Gasteiger partial charge on any atom is 0.233 e. The molecule has 3 atom stereocenters. The summed E-state index contributed by atoms with van der Waals surface area (Å²) in [6.07, 6.45) is 4.63. The van der Waals surface area contributed by atoms with Crippen LogP contribution in [0.3, 0.4) is 0 Å². The molecule has 0 radical (unpaired) electrons. The molecule has 1 aromatic carbocycles. The molecule has 2 aromatic rings. The fourth-order valence-corrected chi connectivity index (χ4v) is 4.16. The second-order valence-electron chi connectivity index (χ2n) is 6.98. The van der Waals surface area contributed by atoms with Crippen LogP contribution in [0.4, 0.5) is 4.39 Å². The van der Waals surface area contributed by atoms with Crippen molar-refractivity contribution in [3.8, 4) is 11.4 Å². The molecule has 0 aliphatic heterocycles. The van der Waals surface area contributed by atoms with Gasteiger partial charge in [-0.2, -0.15) is 0 Å². The van der Waals surface area contributed by atoms with Crippen LogP contribution in [0, 0.1) is 11.7 Å². The zero-order valence-corrected chi connectivity index (χ0v) is 16.2. The largest absolute Gasteiger partial charge is 0.352 e. The Hall–Kier alpha value is -1.89. The van der Waals surface area contributed by atoms with Gasteiger partial charge in [0.25, 0.3) is 0 Å². The first kappa shape index (κ1) is 18.9. The molecule has 1 saturated carbocycles. The van der Waals surface area contributed by atoms with Gasteiger partial charge in [-0.15, -0.1) is 10.2 Å². The Morgan fingerprint density at radius 1 is 1.31 bits per heavy atom. The van der Waals surface area contributed by atoms with E-state index in [1.807, 2.05) is 6.92 Å². The summed E-state index contributed by atoms with van der Waals surface area (Å²) >= 11 is 1.34. The normalized spacial score (nSPS) is 21.4. The van der Waals surface area contributed by atoms with Crippen LogP contribution >= 0.6 is 11.8 Å². The van der Waals surface area contributed by atoms with Crippen LogP contribution in [-0.4, -0.2) is 32.0 Å². The van der Waals surface area contributed by atoms with Gasteiger partial charge in [0, 0.05) is 13.1 Å². The highest BCUT2D eigenvalue weighted by Crippen LogP contribution is 2.28. The summed E-state index contributed by atoms with van der Waals surface area (Å²) in [4.78, 5) is 12.6. The minimum absolute atomic E-state index is 0.0178. The Balaban J connectivity index is 1.67. The number of rotatable bonds is 5. The van der Waals surface area contributed by atoms with E-state index in [0.29, 0.717) is 22.5 Å². The van der Waals surface area contributed by atoms with Crippen molar-refractivity contribution in [3.63, 3.8) is 0 Å². The van der Waals surface area contributed by atoms with Crippen LogP contribution in [0.2, 0.25) is 0 Å². The first-order valence-corrected chi connectivity index (χ1v) is 9.96. The van der Waals surface area contributed by atoms with Crippen molar-refractivity contribution in [2.45, 2.75) is 56.0 Å². The number of benzene rings is 1. The highest BCUT2D eigenvalue weighted by Gasteiger charge is 2.26. The molecule has 1 fully saturated rings. The topological polar surface area (TPSA) is 59.8 Å². The lowest BCUT2D eigenvalue weighted by Gasteiger charge is -2.30. The Morgan fingerprint density at radius 2 is 2.04 bits per heavy atom. The number of hydrogen-bond acceptors (Lipinski definition) is 4. The number of carbonyl (C=O) groups excluding carboxylic acids is 1. The van der Waals surface area contributed by atoms with E-state index in [1.165, 1.54) is 37.1 Å². The van der Waals surface area contributed by atoms with E-state index in [0.717, 1.165) is 6.42 Å². The number of hydrogen-bond donors (Lipinski definition) is 1. The van der Waals surface area contributed by atoms with E-state index in [9.17, 15) is 9.18 Å². The van der Waals surface area contributed by atoms with E-state index in [1.54, 1.807) is 29.8 Å². The SMILES string of the molecule is C[C@@H](Sc1nnc(-c2ccccc2F)n1C)C(=O)N[C@@H]1CCCC[C@@H]1C. The number of nitrogens with zero attached hydrogens (tertiary/aromatic N) is 3. The molecule has 0 unspecified atom stereocenters. The first-order valence-electron chi connectivity index (χ1n) is 9.08. The lowest BCUT2D eigenvalue weighted by atomic mass is 9.86. The van der Waals surface area contributed by atoms with Gasteiger partial charge >= 0.3 is 0 Å². The molecule has 7 heteroatoms. The smallest absolute Gasteiger partial charge is 0.233 e. The standard InChI is InChI=1S/C19H25FN4OS/c1-12-8-4-7-11-16(12)21-18(25)13(2)26-19-23-22-17(24(19)3)14-9-5-6-10-15(14)20/h5-6,9-10,12-13,16H,4,7-8,11H2,1-3H3,(H,21,25)/t12-,13+,16+/m0/s1. The highest BCUT2D eigenvalue weighted by molar-refractivity contribution is 8.00. The number of halogens is 1. The van der Waals surface area contributed by atoms with Crippen LogP contribution < -0.4 is 5.32 Å². The van der Waals surface area contributed by atoms with Crippen LogP contribution in [0.15, 0.2) is 29.4 Å². The van der Waals surface area contributed by atoms with E-state index in [-0.39, 0.29) is 23.0 Å². The summed E-state index contributed by atoms with van der Waals surface area (Å²) in [5, 5.41) is 11.7. The van der Waals surface area contributed by atoms with Gasteiger partial charge in [-0.3, -0.25) is 4.79 Å². The third kappa shape index (κ3) is 4.09. The van der Waals surface area contributed by atoms with Crippen molar-refractivity contribution < 1.29 is 9.18 Å². The van der Waals surface area contributed by atoms with Crippen molar-refractivity contribution in [1.29, 1.82) is 0 Å². The zero-order chi connectivity index (χ0) is 18.7. The highest BCUT2D eigenvalue weighted by atomic mass is 32.2. The van der Waals surface area contributed by atoms with Crippen molar-refractivity contribution >= 4 is 17.7 Å². The molecule has 5 nitrogen and oxygen atoms in total. The second kappa shape index (κ2) is 8.20. The quantitative estimate of drug-likeness (QED) is 0.807. The molecule has 1 aliphatic rings. The van der Waals surface area contributed by atoms with E-state index in [4.69, 9.17) is 0 Å². The summed E-state index contributed by atoms with van der Waals surface area (Å²) in [6.45, 7) is 4.07. The lowest BCUT2D eigenvalue weighted by Crippen LogP contribution is -2.44. The summed E-state index contributed by atoms with van der Waals surface area (Å²) in [5.41, 5.74) is 0.405. The Bertz CT molecular complexity index is 779. The minimum atomic E-state index is -0.336. The van der Waals surface area contributed by atoms with Gasteiger partial charge in [0.15, 0.2) is 11.0 Å². The molecule has 1 aromatic heterocycles. The summed E-state index contributed by atoms with van der Waals surface area (Å²) in [5.74, 6) is 0.660. The molecule has 1 N–H and O–H groups in total. The maximum atomic E-state index is 14.0. The van der Waals surface area contributed by atoms with Gasteiger partial charge in [-0.05, 0) is 37.8 Å². The van der Waals surface area contributed by atoms with Crippen LogP contribution in [0.25, 0.3) is 11.4 Å². The molecule has 26 heavy (non-hydrogen) atoms. The molecule has 3 rings (SSSR count). The van der Waals surface area contributed by atoms with Crippen molar-refractivity contribution in [2.75, 3.05) is 0 Å². The minimum Gasteiger partial charge on any atom is -0.352 e. The average molecular weight is 377 g/mol. The molecule has 0 saturated heterocycles. The predicted octanol–water partition coefficient (Wildman–Crippen LogP) is 3.80. The fourth-order valence-electron chi connectivity index (χ4n) is 3.34. The number of nitrogens with one attached hydrogen (secondary N) is 1. The Kier molecular flexibility index (Phi) is 5.96. The summed E-state index contributed by atoms with van der Waals surface area (Å²) < 4.78 is 15.7. The molecular weight excluding hydrogens is 351 g/mol. The van der Waals surface area contributed by atoms with Gasteiger partial charge in [0.2, 0.25) is 5.91 Å². The van der Waals surface area contributed by atoms with Gasteiger partial charge in [0.05, 0.1) is 10.8 Å². The van der Waals surface area contributed by atoms with Crippen LogP contribution in [0.1, 0.15) is 39.5 Å². The van der Waals surface area contributed by atoms with Gasteiger partial charge < -0.3 is 9.88 Å². The second-order valence-corrected chi connectivity index (χ2v) is 8.29. The Labute approximate surface area is 157 Å². The van der Waals surface area contributed by atoms with Crippen LogP contribution in [-0.2, 0) is 11.8 Å². The van der Waals surface area contributed by atoms with Gasteiger partial charge in [-0.1, -0.05) is 43.7 Å². The van der Waals surface area contributed by atoms with Crippen LogP contribution in [0.5, 0.6) is 0 Å². The monoisotopic (exact) mass is 376 g/mol. The van der Waals surface area contributed by atoms with Crippen molar-refractivity contribution in [3.05, 3.63) is 30.1 Å². The van der Waals surface area contributed by atoms with Crippen molar-refractivity contribution in [1.82, 2.24) is 20.1 Å². The Morgan fingerprint density at radius 3 is 2.77 bits per heavy atom. The molecule has 1 amide bonds. The van der Waals surface area contributed by atoms with Gasteiger partial charge in [-0.25, -0.2) is 4.39 Å². The predicted molar refractivity (Wildman–Crippen MR) is 101 cm³/mol. The molecule has 140 valence electrons. The van der Waals surface area contributed by atoms with E-state index < -0.39 is 0 Å². The average Bonchev–Trinajstić information content (AvgIpc) is 2.98. The first-order chi connectivity index (χ1) is 12.5. The fraction of sp³-hybridized carbons (Fsp3) is 0.526. The molecule has 1 aliphatic carbocycles. The summed E-state index contributed by atoms with van der Waals surface area (Å²) in [7, 11) is 1.79. The molecular formula is C19H25FN4OS. The van der Waals surface area contributed by atoms with E-state index >= 15 is 0 Å².